The van der Waals surface area contributed by atoms with Crippen molar-refractivity contribution in [1.29, 1.82) is 0 Å². The fraction of sp³-hybridized carbons (Fsp3) is 0.600. The lowest BCUT2D eigenvalue weighted by molar-refractivity contribution is 0.126. The zero-order valence-electron chi connectivity index (χ0n) is 10.6. The van der Waals surface area contributed by atoms with Gasteiger partial charge in [0.05, 0.1) is 0 Å². The van der Waals surface area contributed by atoms with Crippen molar-refractivity contribution >= 4 is 0 Å². The molecule has 94 valence electrons. The van der Waals surface area contributed by atoms with E-state index in [2.05, 4.69) is 37.3 Å². The molecule has 0 aromatic heterocycles. The number of benzene rings is 1. The van der Waals surface area contributed by atoms with Crippen molar-refractivity contribution in [3.8, 4) is 0 Å². The van der Waals surface area contributed by atoms with Crippen molar-refractivity contribution in [2.24, 2.45) is 11.7 Å². The van der Waals surface area contributed by atoms with Gasteiger partial charge in [-0.2, -0.15) is 0 Å². The zero-order chi connectivity index (χ0) is 12.1. The van der Waals surface area contributed by atoms with Gasteiger partial charge >= 0.3 is 0 Å². The van der Waals surface area contributed by atoms with E-state index in [9.17, 15) is 0 Å². The van der Waals surface area contributed by atoms with Crippen LogP contribution in [0, 0.1) is 5.92 Å². The third-order valence-electron chi connectivity index (χ3n) is 3.56. The second kappa shape index (κ2) is 6.18. The summed E-state index contributed by atoms with van der Waals surface area (Å²) in [4.78, 5) is 0. The van der Waals surface area contributed by atoms with E-state index >= 15 is 0 Å². The molecule has 1 aliphatic rings. The second-order valence-corrected chi connectivity index (χ2v) is 4.98. The molecule has 1 aliphatic carbocycles. The van der Waals surface area contributed by atoms with Crippen LogP contribution in [0.4, 0.5) is 0 Å². The maximum atomic E-state index is 6.21. The summed E-state index contributed by atoms with van der Waals surface area (Å²) in [6.45, 7) is 3.80. The molecule has 0 radical (unpaired) electrons. The Balaban J connectivity index is 1.71. The van der Waals surface area contributed by atoms with Crippen LogP contribution in [0.1, 0.15) is 37.7 Å². The van der Waals surface area contributed by atoms with Crippen molar-refractivity contribution in [3.05, 3.63) is 35.9 Å². The first-order valence-corrected chi connectivity index (χ1v) is 6.71. The molecule has 2 N–H and O–H groups in total. The Bertz CT molecular complexity index is 325. The van der Waals surface area contributed by atoms with Crippen LogP contribution < -0.4 is 5.73 Å². The minimum atomic E-state index is 0.303. The summed E-state index contributed by atoms with van der Waals surface area (Å²) < 4.78 is 5.49. The van der Waals surface area contributed by atoms with E-state index in [4.69, 9.17) is 10.5 Å². The van der Waals surface area contributed by atoms with E-state index in [-0.39, 0.29) is 0 Å². The van der Waals surface area contributed by atoms with Crippen molar-refractivity contribution < 1.29 is 4.74 Å². The van der Waals surface area contributed by atoms with Gasteiger partial charge in [0.1, 0.15) is 0 Å². The molecule has 17 heavy (non-hydrogen) atoms. The first-order valence-electron chi connectivity index (χ1n) is 6.71. The van der Waals surface area contributed by atoms with Gasteiger partial charge in [0, 0.05) is 19.3 Å². The van der Waals surface area contributed by atoms with Crippen molar-refractivity contribution in [1.82, 2.24) is 0 Å². The lowest BCUT2D eigenvalue weighted by atomic mass is 10.0. The molecule has 0 aliphatic heterocycles. The predicted octanol–water partition coefficient (Wildman–Crippen LogP) is 2.93. The van der Waals surface area contributed by atoms with Crippen LogP contribution in [-0.4, -0.2) is 19.3 Å². The molecule has 0 amide bonds. The van der Waals surface area contributed by atoms with E-state index in [0.717, 1.165) is 26.1 Å². The number of hydrogen-bond acceptors (Lipinski definition) is 2. The summed E-state index contributed by atoms with van der Waals surface area (Å²) in [7, 11) is 0. The highest BCUT2D eigenvalue weighted by Gasteiger charge is 2.41. The summed E-state index contributed by atoms with van der Waals surface area (Å²) in [6.07, 6.45) is 3.33. The van der Waals surface area contributed by atoms with Crippen molar-refractivity contribution in [2.75, 3.05) is 13.2 Å². The predicted molar refractivity (Wildman–Crippen MR) is 71.0 cm³/mol. The first kappa shape index (κ1) is 12.6. The molecule has 0 heterocycles. The first-order chi connectivity index (χ1) is 8.33. The van der Waals surface area contributed by atoms with Gasteiger partial charge in [-0.1, -0.05) is 37.3 Å². The smallest absolute Gasteiger partial charge is 0.0480 e. The highest BCUT2D eigenvalue weighted by molar-refractivity contribution is 5.26. The molecule has 0 bridgehead atoms. The molecule has 0 spiro atoms. The van der Waals surface area contributed by atoms with Gasteiger partial charge in [0.25, 0.3) is 0 Å². The standard InChI is InChI=1S/C15H23NO/c1-2-9-17-10-8-15(16)14-11-13(14)12-6-4-3-5-7-12/h3-7,13-15H,2,8-11,16H2,1H3. The van der Waals surface area contributed by atoms with Crippen LogP contribution in [0.3, 0.4) is 0 Å². The van der Waals surface area contributed by atoms with Crippen LogP contribution in [0.2, 0.25) is 0 Å². The van der Waals surface area contributed by atoms with Crippen LogP contribution >= 0.6 is 0 Å². The van der Waals surface area contributed by atoms with Crippen molar-refractivity contribution in [3.63, 3.8) is 0 Å². The Hall–Kier alpha value is -0.860. The Morgan fingerprint density at radius 2 is 2.06 bits per heavy atom. The summed E-state index contributed by atoms with van der Waals surface area (Å²) in [5, 5.41) is 0. The molecular formula is C15H23NO. The van der Waals surface area contributed by atoms with Crippen LogP contribution in [-0.2, 0) is 4.74 Å². The second-order valence-electron chi connectivity index (χ2n) is 4.98. The summed E-state index contributed by atoms with van der Waals surface area (Å²) in [6, 6.07) is 11.0. The maximum Gasteiger partial charge on any atom is 0.0480 e. The molecule has 2 heteroatoms. The summed E-state index contributed by atoms with van der Waals surface area (Å²) in [5.74, 6) is 1.36. The molecule has 2 rings (SSSR count). The third kappa shape index (κ3) is 3.55. The highest BCUT2D eigenvalue weighted by Crippen LogP contribution is 2.49. The molecule has 1 aromatic rings. The third-order valence-corrected chi connectivity index (χ3v) is 3.56. The van der Waals surface area contributed by atoms with Gasteiger partial charge in [-0.05, 0) is 36.7 Å². The molecule has 1 saturated carbocycles. The van der Waals surface area contributed by atoms with Crippen LogP contribution in [0.15, 0.2) is 30.3 Å². The van der Waals surface area contributed by atoms with Gasteiger partial charge in [-0.15, -0.1) is 0 Å². The van der Waals surface area contributed by atoms with E-state index in [1.54, 1.807) is 0 Å². The molecule has 2 nitrogen and oxygen atoms in total. The number of nitrogens with two attached hydrogens (primary N) is 1. The monoisotopic (exact) mass is 233 g/mol. The average molecular weight is 233 g/mol. The maximum absolute atomic E-state index is 6.21. The van der Waals surface area contributed by atoms with E-state index in [0.29, 0.717) is 17.9 Å². The summed E-state index contributed by atoms with van der Waals surface area (Å²) in [5.41, 5.74) is 7.66. The zero-order valence-corrected chi connectivity index (χ0v) is 10.6. The van der Waals surface area contributed by atoms with Gasteiger partial charge in [-0.25, -0.2) is 0 Å². The van der Waals surface area contributed by atoms with Crippen molar-refractivity contribution in [2.45, 2.75) is 38.1 Å². The number of hydrogen-bond donors (Lipinski definition) is 1. The minimum Gasteiger partial charge on any atom is -0.381 e. The number of rotatable bonds is 7. The van der Waals surface area contributed by atoms with Crippen LogP contribution in [0.25, 0.3) is 0 Å². The van der Waals surface area contributed by atoms with Gasteiger partial charge < -0.3 is 10.5 Å². The minimum absolute atomic E-state index is 0.303. The van der Waals surface area contributed by atoms with E-state index < -0.39 is 0 Å². The quantitative estimate of drug-likeness (QED) is 0.735. The van der Waals surface area contributed by atoms with Gasteiger partial charge in [0.2, 0.25) is 0 Å². The lowest BCUT2D eigenvalue weighted by Gasteiger charge is -2.11. The number of ether oxygens (including phenoxy) is 1. The topological polar surface area (TPSA) is 35.2 Å². The summed E-state index contributed by atoms with van der Waals surface area (Å²) >= 11 is 0. The highest BCUT2D eigenvalue weighted by atomic mass is 16.5. The molecule has 0 saturated heterocycles. The van der Waals surface area contributed by atoms with Gasteiger partial charge in [-0.3, -0.25) is 0 Å². The fourth-order valence-corrected chi connectivity index (χ4v) is 2.45. The molecular weight excluding hydrogens is 210 g/mol. The van der Waals surface area contributed by atoms with E-state index in [1.807, 2.05) is 0 Å². The fourth-order valence-electron chi connectivity index (χ4n) is 2.45. The SMILES string of the molecule is CCCOCCC(N)C1CC1c1ccccc1. The largest absolute Gasteiger partial charge is 0.381 e. The Kier molecular flexibility index (Phi) is 4.57. The molecule has 3 unspecified atom stereocenters. The van der Waals surface area contributed by atoms with Crippen LogP contribution in [0.5, 0.6) is 0 Å². The molecule has 1 fully saturated rings. The molecule has 3 atom stereocenters. The Morgan fingerprint density at radius 1 is 1.29 bits per heavy atom. The lowest BCUT2D eigenvalue weighted by Crippen LogP contribution is -2.25. The Morgan fingerprint density at radius 3 is 2.76 bits per heavy atom. The Labute approximate surface area is 104 Å². The normalized spacial score (nSPS) is 24.6. The van der Waals surface area contributed by atoms with E-state index in [1.165, 1.54) is 12.0 Å². The van der Waals surface area contributed by atoms with Gasteiger partial charge in [0.15, 0.2) is 0 Å². The average Bonchev–Trinajstić information content (AvgIpc) is 3.16. The molecule has 1 aromatic carbocycles.